The molecule has 114 valence electrons. The molecule has 2 rings (SSSR count). The Morgan fingerprint density at radius 1 is 0.727 bits per heavy atom. The van der Waals surface area contributed by atoms with E-state index in [4.69, 9.17) is 14.2 Å². The fourth-order valence-electron chi connectivity index (χ4n) is 2.22. The molecule has 0 aliphatic rings. The summed E-state index contributed by atoms with van der Waals surface area (Å²) in [5.74, 6) is 1.51. The number of carbonyl (C=O) groups is 2. The second-order valence-electron chi connectivity index (χ2n) is 4.48. The van der Waals surface area contributed by atoms with Gasteiger partial charge in [0.25, 0.3) is 0 Å². The predicted molar refractivity (Wildman–Crippen MR) is 82.3 cm³/mol. The molecule has 0 aromatic heterocycles. The molecule has 0 aliphatic heterocycles. The summed E-state index contributed by atoms with van der Waals surface area (Å²) >= 11 is 0. The standard InChI is InChI=1S/C17H16O5/c1-20-13-5-4-11(9-18)14(7-13)15-8-17(22-3)16(21-2)6-12(15)10-19/h4-10H,1-3H3. The maximum absolute atomic E-state index is 11.4. The van der Waals surface area contributed by atoms with E-state index in [0.717, 1.165) is 6.29 Å². The first kappa shape index (κ1) is 15.6. The Labute approximate surface area is 128 Å². The number of ether oxygens (including phenoxy) is 3. The fourth-order valence-corrected chi connectivity index (χ4v) is 2.22. The van der Waals surface area contributed by atoms with E-state index in [9.17, 15) is 9.59 Å². The highest BCUT2D eigenvalue weighted by Gasteiger charge is 2.15. The number of aldehydes is 2. The average molecular weight is 300 g/mol. The zero-order valence-electron chi connectivity index (χ0n) is 12.6. The Bertz CT molecular complexity index is 706. The molecule has 2 aromatic rings. The molecular formula is C17H16O5. The van der Waals surface area contributed by atoms with Crippen molar-refractivity contribution >= 4 is 12.6 Å². The van der Waals surface area contributed by atoms with Crippen molar-refractivity contribution < 1.29 is 23.8 Å². The number of carbonyl (C=O) groups excluding carboxylic acids is 2. The third kappa shape index (κ3) is 2.79. The van der Waals surface area contributed by atoms with Gasteiger partial charge in [-0.05, 0) is 41.5 Å². The summed E-state index contributed by atoms with van der Waals surface area (Å²) in [4.78, 5) is 22.7. The summed E-state index contributed by atoms with van der Waals surface area (Å²) in [5, 5.41) is 0. The molecule has 5 nitrogen and oxygen atoms in total. The normalized spacial score (nSPS) is 9.95. The van der Waals surface area contributed by atoms with Gasteiger partial charge < -0.3 is 14.2 Å². The van der Waals surface area contributed by atoms with Gasteiger partial charge in [-0.3, -0.25) is 9.59 Å². The smallest absolute Gasteiger partial charge is 0.161 e. The SMILES string of the molecule is COc1ccc(C=O)c(-c2cc(OC)c(OC)cc2C=O)c1. The number of methoxy groups -OCH3 is 3. The van der Waals surface area contributed by atoms with Crippen LogP contribution in [0, 0.1) is 0 Å². The highest BCUT2D eigenvalue weighted by Crippen LogP contribution is 2.37. The molecule has 0 atom stereocenters. The molecule has 2 aromatic carbocycles. The Balaban J connectivity index is 2.75. The number of hydrogen-bond donors (Lipinski definition) is 0. The second kappa shape index (κ2) is 6.76. The third-order valence-corrected chi connectivity index (χ3v) is 3.36. The zero-order valence-corrected chi connectivity index (χ0v) is 12.6. The molecule has 5 heteroatoms. The second-order valence-corrected chi connectivity index (χ2v) is 4.48. The molecule has 0 heterocycles. The molecule has 0 N–H and O–H groups in total. The predicted octanol–water partition coefficient (Wildman–Crippen LogP) is 3.00. The quantitative estimate of drug-likeness (QED) is 0.767. The Morgan fingerprint density at radius 2 is 1.32 bits per heavy atom. The molecule has 0 aliphatic carbocycles. The van der Waals surface area contributed by atoms with E-state index in [1.165, 1.54) is 21.3 Å². The molecule has 0 saturated heterocycles. The highest BCUT2D eigenvalue weighted by atomic mass is 16.5. The first-order chi connectivity index (χ1) is 10.7. The van der Waals surface area contributed by atoms with Crippen molar-refractivity contribution in [2.24, 2.45) is 0 Å². The minimum Gasteiger partial charge on any atom is -0.497 e. The molecule has 0 bridgehead atoms. The van der Waals surface area contributed by atoms with Gasteiger partial charge in [-0.15, -0.1) is 0 Å². The van der Waals surface area contributed by atoms with E-state index < -0.39 is 0 Å². The van der Waals surface area contributed by atoms with E-state index >= 15 is 0 Å². The van der Waals surface area contributed by atoms with Crippen molar-refractivity contribution in [3.05, 3.63) is 41.5 Å². The van der Waals surface area contributed by atoms with Crippen LogP contribution in [0.15, 0.2) is 30.3 Å². The van der Waals surface area contributed by atoms with Crippen LogP contribution >= 0.6 is 0 Å². The fraction of sp³-hybridized carbons (Fsp3) is 0.176. The largest absolute Gasteiger partial charge is 0.497 e. The van der Waals surface area contributed by atoms with Gasteiger partial charge >= 0.3 is 0 Å². The Morgan fingerprint density at radius 3 is 1.86 bits per heavy atom. The van der Waals surface area contributed by atoms with Crippen LogP contribution in [0.2, 0.25) is 0 Å². The summed E-state index contributed by atoms with van der Waals surface area (Å²) in [7, 11) is 4.54. The van der Waals surface area contributed by atoms with Gasteiger partial charge in [0.1, 0.15) is 5.75 Å². The van der Waals surface area contributed by atoms with Gasteiger partial charge in [-0.25, -0.2) is 0 Å². The lowest BCUT2D eigenvalue weighted by Gasteiger charge is -2.14. The van der Waals surface area contributed by atoms with Gasteiger partial charge in [-0.2, -0.15) is 0 Å². The van der Waals surface area contributed by atoms with Gasteiger partial charge in [0.15, 0.2) is 24.1 Å². The van der Waals surface area contributed by atoms with E-state index in [1.54, 1.807) is 30.3 Å². The van der Waals surface area contributed by atoms with Crippen LogP contribution < -0.4 is 14.2 Å². The summed E-state index contributed by atoms with van der Waals surface area (Å²) in [6.07, 6.45) is 1.45. The number of hydrogen-bond acceptors (Lipinski definition) is 5. The van der Waals surface area contributed by atoms with Crippen molar-refractivity contribution in [3.8, 4) is 28.4 Å². The molecule has 0 unspecified atom stereocenters. The number of benzene rings is 2. The number of rotatable bonds is 6. The highest BCUT2D eigenvalue weighted by molar-refractivity contribution is 5.96. The molecule has 0 amide bonds. The van der Waals surface area contributed by atoms with Crippen LogP contribution in [0.25, 0.3) is 11.1 Å². The summed E-state index contributed by atoms with van der Waals surface area (Å²) < 4.78 is 15.7. The lowest BCUT2D eigenvalue weighted by Crippen LogP contribution is -1.98. The zero-order chi connectivity index (χ0) is 16.1. The van der Waals surface area contributed by atoms with Crippen molar-refractivity contribution in [2.45, 2.75) is 0 Å². The van der Waals surface area contributed by atoms with Crippen LogP contribution in [0.1, 0.15) is 20.7 Å². The van der Waals surface area contributed by atoms with Crippen molar-refractivity contribution in [1.82, 2.24) is 0 Å². The van der Waals surface area contributed by atoms with E-state index in [1.807, 2.05) is 0 Å². The van der Waals surface area contributed by atoms with Crippen molar-refractivity contribution in [2.75, 3.05) is 21.3 Å². The van der Waals surface area contributed by atoms with Gasteiger partial charge in [-0.1, -0.05) is 0 Å². The van der Waals surface area contributed by atoms with E-state index in [0.29, 0.717) is 45.8 Å². The molecule has 0 spiro atoms. The maximum Gasteiger partial charge on any atom is 0.161 e. The summed E-state index contributed by atoms with van der Waals surface area (Å²) in [5.41, 5.74) is 2.02. The molecule has 0 radical (unpaired) electrons. The van der Waals surface area contributed by atoms with Crippen LogP contribution in [0.4, 0.5) is 0 Å². The van der Waals surface area contributed by atoms with Crippen LogP contribution in [0.3, 0.4) is 0 Å². The summed E-state index contributed by atoms with van der Waals surface area (Å²) in [6.45, 7) is 0. The van der Waals surface area contributed by atoms with Gasteiger partial charge in [0.2, 0.25) is 0 Å². The van der Waals surface area contributed by atoms with Crippen molar-refractivity contribution in [1.29, 1.82) is 0 Å². The van der Waals surface area contributed by atoms with Gasteiger partial charge in [0, 0.05) is 11.1 Å². The monoisotopic (exact) mass is 300 g/mol. The van der Waals surface area contributed by atoms with Crippen LogP contribution in [0.5, 0.6) is 17.2 Å². The lowest BCUT2D eigenvalue weighted by molar-refractivity contribution is 0.111. The third-order valence-electron chi connectivity index (χ3n) is 3.36. The molecule has 0 saturated carbocycles. The van der Waals surface area contributed by atoms with E-state index in [2.05, 4.69) is 0 Å². The first-order valence-corrected chi connectivity index (χ1v) is 6.53. The van der Waals surface area contributed by atoms with Crippen molar-refractivity contribution in [3.63, 3.8) is 0 Å². The average Bonchev–Trinajstić information content (AvgIpc) is 2.59. The molecule has 0 fully saturated rings. The first-order valence-electron chi connectivity index (χ1n) is 6.53. The lowest BCUT2D eigenvalue weighted by atomic mass is 9.95. The van der Waals surface area contributed by atoms with Gasteiger partial charge in [0.05, 0.1) is 21.3 Å². The minimum atomic E-state index is 0.397. The molecular weight excluding hydrogens is 284 g/mol. The minimum absolute atomic E-state index is 0.397. The Kier molecular flexibility index (Phi) is 4.78. The summed E-state index contributed by atoms with van der Waals surface area (Å²) in [6, 6.07) is 8.29. The molecule has 22 heavy (non-hydrogen) atoms. The van der Waals surface area contributed by atoms with E-state index in [-0.39, 0.29) is 0 Å². The van der Waals surface area contributed by atoms with Crippen LogP contribution in [-0.4, -0.2) is 33.9 Å². The topological polar surface area (TPSA) is 61.8 Å². The maximum atomic E-state index is 11.4. The Hall–Kier alpha value is -2.82. The van der Waals surface area contributed by atoms with Crippen LogP contribution in [-0.2, 0) is 0 Å².